The zero-order valence-electron chi connectivity index (χ0n) is 18.8. The van der Waals surface area contributed by atoms with Crippen LogP contribution >= 0.6 is 0 Å². The normalized spacial score (nSPS) is 16.5. The standard InChI is InChI=1S/C23H24FN7O2S/c1-15(17-3-5-18(24)6-4-17)22-16(2)29-31-21(30-9-11-34(32,33)12-10-30)13-19(28-23(22)31)27-20-14-25-7-8-26-20/h3-8,13-15H,9-12H2,1-2H3,(H,26,27,28). The van der Waals surface area contributed by atoms with Gasteiger partial charge in [-0.1, -0.05) is 19.1 Å². The van der Waals surface area contributed by atoms with Crippen LogP contribution in [0.25, 0.3) is 5.65 Å². The molecule has 0 spiro atoms. The molecule has 4 aromatic rings. The molecule has 176 valence electrons. The van der Waals surface area contributed by atoms with E-state index in [9.17, 15) is 12.8 Å². The molecule has 0 radical (unpaired) electrons. The second-order valence-corrected chi connectivity index (χ2v) is 10.7. The first kappa shape index (κ1) is 22.2. The summed E-state index contributed by atoms with van der Waals surface area (Å²) in [6.45, 7) is 4.70. The number of rotatable bonds is 5. The van der Waals surface area contributed by atoms with Crippen LogP contribution in [0.1, 0.15) is 29.7 Å². The molecule has 11 heteroatoms. The van der Waals surface area contributed by atoms with E-state index in [1.54, 1.807) is 35.2 Å². The second-order valence-electron chi connectivity index (χ2n) is 8.36. The third kappa shape index (κ3) is 4.30. The molecule has 4 heterocycles. The summed E-state index contributed by atoms with van der Waals surface area (Å²) in [5, 5.41) is 7.96. The fourth-order valence-corrected chi connectivity index (χ4v) is 5.48. The number of halogens is 1. The molecule has 9 nitrogen and oxygen atoms in total. The van der Waals surface area contributed by atoms with E-state index in [0.717, 1.165) is 22.6 Å². The van der Waals surface area contributed by atoms with E-state index in [-0.39, 0.29) is 23.2 Å². The number of anilines is 3. The van der Waals surface area contributed by atoms with Crippen molar-refractivity contribution in [2.24, 2.45) is 0 Å². The maximum Gasteiger partial charge on any atom is 0.163 e. The van der Waals surface area contributed by atoms with Crippen molar-refractivity contribution < 1.29 is 12.8 Å². The molecule has 3 aromatic heterocycles. The Morgan fingerprint density at radius 1 is 1.09 bits per heavy atom. The number of hydrogen-bond donors (Lipinski definition) is 1. The molecular formula is C23H24FN7O2S. The Kier molecular flexibility index (Phi) is 5.64. The van der Waals surface area contributed by atoms with Crippen LogP contribution in [0.4, 0.5) is 21.8 Å². The number of aryl methyl sites for hydroxylation is 1. The van der Waals surface area contributed by atoms with Crippen LogP contribution in [0.5, 0.6) is 0 Å². The Labute approximate surface area is 196 Å². The molecule has 0 aliphatic carbocycles. The van der Waals surface area contributed by atoms with Crippen molar-refractivity contribution in [2.75, 3.05) is 34.8 Å². The van der Waals surface area contributed by atoms with E-state index in [4.69, 9.17) is 10.1 Å². The highest BCUT2D eigenvalue weighted by atomic mass is 32.2. The van der Waals surface area contributed by atoms with Crippen LogP contribution in [-0.4, -0.2) is 57.6 Å². The van der Waals surface area contributed by atoms with Gasteiger partial charge in [-0.2, -0.15) is 9.61 Å². The van der Waals surface area contributed by atoms with Gasteiger partial charge in [0.2, 0.25) is 0 Å². The Hall–Kier alpha value is -3.60. The van der Waals surface area contributed by atoms with Gasteiger partial charge in [0.25, 0.3) is 0 Å². The van der Waals surface area contributed by atoms with E-state index in [1.807, 2.05) is 24.8 Å². The van der Waals surface area contributed by atoms with Crippen molar-refractivity contribution in [3.8, 4) is 0 Å². The van der Waals surface area contributed by atoms with Crippen molar-refractivity contribution in [3.63, 3.8) is 0 Å². The van der Waals surface area contributed by atoms with Gasteiger partial charge < -0.3 is 10.2 Å². The van der Waals surface area contributed by atoms with Gasteiger partial charge in [0.1, 0.15) is 23.3 Å². The highest BCUT2D eigenvalue weighted by molar-refractivity contribution is 7.91. The molecule has 1 fully saturated rings. The van der Waals surface area contributed by atoms with Crippen molar-refractivity contribution in [3.05, 3.63) is 71.6 Å². The molecule has 1 aromatic carbocycles. The van der Waals surface area contributed by atoms with Gasteiger partial charge in [0, 0.05) is 43.0 Å². The van der Waals surface area contributed by atoms with Crippen LogP contribution in [0.2, 0.25) is 0 Å². The first-order valence-corrected chi connectivity index (χ1v) is 12.8. The summed E-state index contributed by atoms with van der Waals surface area (Å²) in [6, 6.07) is 8.27. The molecule has 1 unspecified atom stereocenters. The summed E-state index contributed by atoms with van der Waals surface area (Å²) in [5.74, 6) is 1.62. The summed E-state index contributed by atoms with van der Waals surface area (Å²) in [5.41, 5.74) is 3.30. The molecule has 1 aliphatic rings. The van der Waals surface area contributed by atoms with Crippen molar-refractivity contribution in [2.45, 2.75) is 19.8 Å². The Balaban J connectivity index is 1.64. The van der Waals surface area contributed by atoms with Crippen LogP contribution in [0.3, 0.4) is 0 Å². The lowest BCUT2D eigenvalue weighted by atomic mass is 9.93. The highest BCUT2D eigenvalue weighted by Gasteiger charge is 2.27. The van der Waals surface area contributed by atoms with Crippen molar-refractivity contribution >= 4 is 32.9 Å². The zero-order chi connectivity index (χ0) is 23.9. The smallest absolute Gasteiger partial charge is 0.163 e. The number of hydrogen-bond acceptors (Lipinski definition) is 8. The molecule has 0 saturated carbocycles. The number of benzene rings is 1. The SMILES string of the molecule is Cc1nn2c(N3CCS(=O)(=O)CC3)cc(Nc3cnccn3)nc2c1C(C)c1ccc(F)cc1. The molecular weight excluding hydrogens is 457 g/mol. The van der Waals surface area contributed by atoms with Gasteiger partial charge in [-0.3, -0.25) is 4.98 Å². The minimum absolute atomic E-state index is 0.0861. The first-order chi connectivity index (χ1) is 16.3. The van der Waals surface area contributed by atoms with E-state index in [0.29, 0.717) is 30.4 Å². The maximum atomic E-state index is 13.5. The van der Waals surface area contributed by atoms with E-state index in [1.165, 1.54) is 12.1 Å². The molecule has 0 amide bonds. The lowest BCUT2D eigenvalue weighted by Crippen LogP contribution is -2.41. The van der Waals surface area contributed by atoms with Gasteiger partial charge in [0.15, 0.2) is 15.5 Å². The third-order valence-electron chi connectivity index (χ3n) is 6.08. The summed E-state index contributed by atoms with van der Waals surface area (Å²) >= 11 is 0. The number of fused-ring (bicyclic) bond motifs is 1. The summed E-state index contributed by atoms with van der Waals surface area (Å²) in [6.07, 6.45) is 4.77. The number of nitrogens with one attached hydrogen (secondary N) is 1. The van der Waals surface area contributed by atoms with Gasteiger partial charge in [0.05, 0.1) is 23.4 Å². The molecule has 1 aliphatic heterocycles. The summed E-state index contributed by atoms with van der Waals surface area (Å²) in [7, 11) is -3.04. The molecule has 1 atom stereocenters. The third-order valence-corrected chi connectivity index (χ3v) is 7.69. The Morgan fingerprint density at radius 2 is 1.82 bits per heavy atom. The molecule has 0 bridgehead atoms. The number of sulfone groups is 1. The van der Waals surface area contributed by atoms with Crippen LogP contribution < -0.4 is 10.2 Å². The van der Waals surface area contributed by atoms with E-state index >= 15 is 0 Å². The predicted octanol–water partition coefficient (Wildman–Crippen LogP) is 3.10. The molecule has 1 N–H and O–H groups in total. The number of nitrogens with zero attached hydrogens (tertiary/aromatic N) is 6. The zero-order valence-corrected chi connectivity index (χ0v) is 19.6. The van der Waals surface area contributed by atoms with Gasteiger partial charge in [-0.25, -0.2) is 22.8 Å². The molecule has 5 rings (SSSR count). The quantitative estimate of drug-likeness (QED) is 0.464. The maximum absolute atomic E-state index is 13.5. The summed E-state index contributed by atoms with van der Waals surface area (Å²) < 4.78 is 39.3. The monoisotopic (exact) mass is 481 g/mol. The minimum Gasteiger partial charge on any atom is -0.354 e. The lowest BCUT2D eigenvalue weighted by molar-refractivity contribution is 0.585. The van der Waals surface area contributed by atoms with Gasteiger partial charge in [-0.15, -0.1) is 0 Å². The van der Waals surface area contributed by atoms with Crippen molar-refractivity contribution in [1.29, 1.82) is 0 Å². The van der Waals surface area contributed by atoms with Gasteiger partial charge >= 0.3 is 0 Å². The van der Waals surface area contributed by atoms with E-state index < -0.39 is 9.84 Å². The van der Waals surface area contributed by atoms with Crippen LogP contribution in [-0.2, 0) is 9.84 Å². The fraction of sp³-hybridized carbons (Fsp3) is 0.304. The lowest BCUT2D eigenvalue weighted by Gasteiger charge is -2.29. The molecule has 1 saturated heterocycles. The largest absolute Gasteiger partial charge is 0.354 e. The molecule has 34 heavy (non-hydrogen) atoms. The first-order valence-electron chi connectivity index (χ1n) is 10.9. The topological polar surface area (TPSA) is 105 Å². The summed E-state index contributed by atoms with van der Waals surface area (Å²) in [4.78, 5) is 15.2. The highest BCUT2D eigenvalue weighted by Crippen LogP contribution is 2.33. The Morgan fingerprint density at radius 3 is 2.50 bits per heavy atom. The predicted molar refractivity (Wildman–Crippen MR) is 128 cm³/mol. The van der Waals surface area contributed by atoms with E-state index in [2.05, 4.69) is 15.3 Å². The minimum atomic E-state index is -3.04. The average Bonchev–Trinajstić information content (AvgIpc) is 3.15. The van der Waals surface area contributed by atoms with Crippen LogP contribution in [0.15, 0.2) is 48.9 Å². The number of aromatic nitrogens is 5. The van der Waals surface area contributed by atoms with Crippen LogP contribution in [0, 0.1) is 12.7 Å². The fourth-order valence-electron chi connectivity index (χ4n) is 4.27. The van der Waals surface area contributed by atoms with Gasteiger partial charge in [-0.05, 0) is 24.6 Å². The average molecular weight is 482 g/mol. The Bertz CT molecular complexity index is 1430. The van der Waals surface area contributed by atoms with Crippen molar-refractivity contribution in [1.82, 2.24) is 24.6 Å². The second kappa shape index (κ2) is 8.64.